The number of carbonyl (C=O) groups is 1. The molecule has 0 radical (unpaired) electrons. The van der Waals surface area contributed by atoms with Crippen molar-refractivity contribution in [3.8, 4) is 0 Å². The molecule has 1 aliphatic heterocycles. The first-order valence-corrected chi connectivity index (χ1v) is 10.3. The largest absolute Gasteiger partial charge is 0.463 e. The third-order valence-corrected chi connectivity index (χ3v) is 5.48. The number of epoxide rings is 1. The van der Waals surface area contributed by atoms with Crippen LogP contribution >= 0.6 is 0 Å². The van der Waals surface area contributed by atoms with Crippen molar-refractivity contribution in [3.05, 3.63) is 48.0 Å². The molecule has 1 saturated heterocycles. The van der Waals surface area contributed by atoms with E-state index in [1.165, 1.54) is 6.08 Å². The molecular formula is C23H34O6. The Kier molecular flexibility index (Phi) is 9.30. The van der Waals surface area contributed by atoms with Gasteiger partial charge in [0.1, 0.15) is 6.10 Å². The molecule has 1 heterocycles. The molecule has 0 bridgehead atoms. The number of benzene rings is 1. The first kappa shape index (κ1) is 23.5. The van der Waals surface area contributed by atoms with Gasteiger partial charge < -0.3 is 24.4 Å². The molecule has 0 amide bonds. The van der Waals surface area contributed by atoms with Gasteiger partial charge in [-0.05, 0) is 18.6 Å². The zero-order valence-electron chi connectivity index (χ0n) is 17.7. The van der Waals surface area contributed by atoms with Gasteiger partial charge in [0.15, 0.2) is 0 Å². The van der Waals surface area contributed by atoms with Gasteiger partial charge in [-0.15, -0.1) is 0 Å². The van der Waals surface area contributed by atoms with E-state index < -0.39 is 18.2 Å². The Bertz CT molecular complexity index is 646. The maximum absolute atomic E-state index is 11.4. The van der Waals surface area contributed by atoms with E-state index in [-0.39, 0.29) is 30.0 Å². The van der Waals surface area contributed by atoms with Crippen LogP contribution in [0.15, 0.2) is 42.5 Å². The molecule has 1 aromatic rings. The van der Waals surface area contributed by atoms with Crippen LogP contribution in [-0.4, -0.2) is 53.8 Å². The third-order valence-electron chi connectivity index (χ3n) is 5.48. The summed E-state index contributed by atoms with van der Waals surface area (Å²) in [7, 11) is 0. The van der Waals surface area contributed by atoms with Crippen LogP contribution in [0.2, 0.25) is 0 Å². The Labute approximate surface area is 173 Å². The number of rotatable bonds is 12. The highest BCUT2D eigenvalue weighted by Crippen LogP contribution is 2.35. The van der Waals surface area contributed by atoms with Crippen molar-refractivity contribution in [2.75, 3.05) is 13.2 Å². The first-order chi connectivity index (χ1) is 13.8. The first-order valence-electron chi connectivity index (χ1n) is 10.3. The van der Waals surface area contributed by atoms with E-state index in [0.717, 1.165) is 5.56 Å². The molecule has 0 spiro atoms. The smallest absolute Gasteiger partial charge is 0.330 e. The lowest BCUT2D eigenvalue weighted by molar-refractivity contribution is -0.137. The second kappa shape index (κ2) is 11.5. The van der Waals surface area contributed by atoms with Gasteiger partial charge in [0.25, 0.3) is 0 Å². The standard InChI is InChI=1S/C23H34O6/c1-5-28-20(24)12-11-19-23(29-19)17(4)22(26)16(3)21(25)15(2)13-27-14-18-9-7-6-8-10-18/h6-12,15-17,19,21-23,25-26H,5,13-14H2,1-4H3/b12-11+/t15-,16-,17-,19+,21-,22-,23+/m1/s1. The van der Waals surface area contributed by atoms with E-state index in [9.17, 15) is 15.0 Å². The Morgan fingerprint density at radius 1 is 1.17 bits per heavy atom. The summed E-state index contributed by atoms with van der Waals surface area (Å²) in [5, 5.41) is 21.4. The average molecular weight is 407 g/mol. The minimum atomic E-state index is -0.729. The minimum Gasteiger partial charge on any atom is -0.463 e. The number of aliphatic hydroxyl groups is 2. The number of hydrogen-bond acceptors (Lipinski definition) is 6. The summed E-state index contributed by atoms with van der Waals surface area (Å²) in [6.07, 6.45) is 1.21. The summed E-state index contributed by atoms with van der Waals surface area (Å²) in [6, 6.07) is 9.88. The van der Waals surface area contributed by atoms with Gasteiger partial charge in [0, 0.05) is 23.8 Å². The molecule has 1 aromatic carbocycles. The van der Waals surface area contributed by atoms with Crippen LogP contribution in [0.5, 0.6) is 0 Å². The summed E-state index contributed by atoms with van der Waals surface area (Å²) < 4.78 is 16.1. The highest BCUT2D eigenvalue weighted by Gasteiger charge is 2.46. The van der Waals surface area contributed by atoms with E-state index >= 15 is 0 Å². The van der Waals surface area contributed by atoms with Crippen LogP contribution in [-0.2, 0) is 25.6 Å². The van der Waals surface area contributed by atoms with Crippen molar-refractivity contribution >= 4 is 5.97 Å². The molecule has 1 aliphatic rings. The molecule has 0 saturated carbocycles. The SMILES string of the molecule is CCOC(=O)/C=C/[C@@H]1O[C@H]1[C@H](C)[C@H](O)[C@H](C)[C@H](O)[C@H](C)COCc1ccccc1. The molecule has 7 atom stereocenters. The van der Waals surface area contributed by atoms with Crippen molar-refractivity contribution in [3.63, 3.8) is 0 Å². The Hall–Kier alpha value is -1.73. The van der Waals surface area contributed by atoms with Crippen LogP contribution in [0, 0.1) is 17.8 Å². The molecule has 2 rings (SSSR count). The van der Waals surface area contributed by atoms with Crippen LogP contribution < -0.4 is 0 Å². The number of hydrogen-bond donors (Lipinski definition) is 2. The molecule has 1 fully saturated rings. The number of ether oxygens (including phenoxy) is 3. The molecule has 162 valence electrons. The van der Waals surface area contributed by atoms with Gasteiger partial charge in [-0.3, -0.25) is 0 Å². The highest BCUT2D eigenvalue weighted by molar-refractivity contribution is 5.82. The highest BCUT2D eigenvalue weighted by atomic mass is 16.6. The summed E-state index contributed by atoms with van der Waals surface area (Å²) >= 11 is 0. The predicted molar refractivity (Wildman–Crippen MR) is 110 cm³/mol. The quantitative estimate of drug-likeness (QED) is 0.315. The number of carbonyl (C=O) groups excluding carboxylic acids is 1. The van der Waals surface area contributed by atoms with Gasteiger partial charge >= 0.3 is 5.97 Å². The summed E-state index contributed by atoms with van der Waals surface area (Å²) in [6.45, 7) is 8.64. The van der Waals surface area contributed by atoms with E-state index in [0.29, 0.717) is 19.8 Å². The monoisotopic (exact) mass is 406 g/mol. The summed E-state index contributed by atoms with van der Waals surface area (Å²) in [5.41, 5.74) is 1.09. The van der Waals surface area contributed by atoms with E-state index in [4.69, 9.17) is 14.2 Å². The Morgan fingerprint density at radius 3 is 2.52 bits per heavy atom. The molecule has 0 aromatic heterocycles. The van der Waals surface area contributed by atoms with Crippen molar-refractivity contribution in [1.82, 2.24) is 0 Å². The molecule has 0 aliphatic carbocycles. The zero-order chi connectivity index (χ0) is 21.4. The van der Waals surface area contributed by atoms with Crippen molar-refractivity contribution < 1.29 is 29.2 Å². The van der Waals surface area contributed by atoms with E-state index in [2.05, 4.69) is 0 Å². The lowest BCUT2D eigenvalue weighted by Gasteiger charge is -2.31. The van der Waals surface area contributed by atoms with Crippen LogP contribution in [0.3, 0.4) is 0 Å². The van der Waals surface area contributed by atoms with E-state index in [1.807, 2.05) is 51.1 Å². The zero-order valence-corrected chi connectivity index (χ0v) is 17.7. The second-order valence-electron chi connectivity index (χ2n) is 7.85. The van der Waals surface area contributed by atoms with Crippen molar-refractivity contribution in [2.45, 2.75) is 58.7 Å². The van der Waals surface area contributed by atoms with Crippen molar-refractivity contribution in [2.24, 2.45) is 17.8 Å². The summed E-state index contributed by atoms with van der Waals surface area (Å²) in [4.78, 5) is 11.4. The molecule has 0 unspecified atom stereocenters. The number of aliphatic hydroxyl groups excluding tert-OH is 2. The molecule has 6 heteroatoms. The van der Waals surface area contributed by atoms with Gasteiger partial charge in [-0.2, -0.15) is 0 Å². The van der Waals surface area contributed by atoms with Gasteiger partial charge in [0.05, 0.1) is 38.1 Å². The Morgan fingerprint density at radius 2 is 1.86 bits per heavy atom. The van der Waals surface area contributed by atoms with Crippen LogP contribution in [0.4, 0.5) is 0 Å². The predicted octanol–water partition coefficient (Wildman–Crippen LogP) is 2.72. The normalized spacial score (nSPS) is 23.9. The Balaban J connectivity index is 1.76. The lowest BCUT2D eigenvalue weighted by Crippen LogP contribution is -2.40. The van der Waals surface area contributed by atoms with Crippen LogP contribution in [0.1, 0.15) is 33.3 Å². The fourth-order valence-electron chi connectivity index (χ4n) is 3.51. The van der Waals surface area contributed by atoms with Crippen molar-refractivity contribution in [1.29, 1.82) is 0 Å². The maximum Gasteiger partial charge on any atom is 0.330 e. The second-order valence-corrected chi connectivity index (χ2v) is 7.85. The molecule has 2 N–H and O–H groups in total. The lowest BCUT2D eigenvalue weighted by atomic mass is 9.83. The van der Waals surface area contributed by atoms with E-state index in [1.54, 1.807) is 13.0 Å². The fraction of sp³-hybridized carbons (Fsp3) is 0.609. The third kappa shape index (κ3) is 7.23. The summed E-state index contributed by atoms with van der Waals surface area (Å²) in [5.74, 6) is -1.02. The van der Waals surface area contributed by atoms with Gasteiger partial charge in [-0.25, -0.2) is 4.79 Å². The number of esters is 1. The maximum atomic E-state index is 11.4. The topological polar surface area (TPSA) is 88.5 Å². The molecule has 6 nitrogen and oxygen atoms in total. The van der Waals surface area contributed by atoms with Gasteiger partial charge in [0.2, 0.25) is 0 Å². The molecule has 29 heavy (non-hydrogen) atoms. The minimum absolute atomic E-state index is 0.116. The molecular weight excluding hydrogens is 372 g/mol. The average Bonchev–Trinajstić information content (AvgIpc) is 3.50. The fourth-order valence-corrected chi connectivity index (χ4v) is 3.51. The van der Waals surface area contributed by atoms with Crippen LogP contribution in [0.25, 0.3) is 0 Å². The van der Waals surface area contributed by atoms with Gasteiger partial charge in [-0.1, -0.05) is 51.1 Å².